The molecule has 0 amide bonds. The van der Waals surface area contributed by atoms with Crippen molar-refractivity contribution in [1.82, 2.24) is 39.0 Å². The Morgan fingerprint density at radius 3 is 0.853 bits per heavy atom. The molecule has 0 aliphatic heterocycles. The quantitative estimate of drug-likeness (QED) is 0.0940. The van der Waals surface area contributed by atoms with Crippen molar-refractivity contribution >= 4 is 87.5 Å². The Labute approximate surface area is 784 Å². The molecule has 26 rings (SSSR count). The van der Waals surface area contributed by atoms with Gasteiger partial charge in [-0.1, -0.05) is 358 Å². The molecule has 0 N–H and O–H groups in total. The minimum absolute atomic E-state index is 0.579. The number of hydrogen-bond acceptors (Lipinski definition) is 8. The fourth-order valence-electron chi connectivity index (χ4n) is 19.6. The second-order valence-corrected chi connectivity index (χ2v) is 34.4. The van der Waals surface area contributed by atoms with Gasteiger partial charge in [-0.05, 0) is 204 Å². The normalized spacial score (nSPS) is 11.5. The largest absolute Gasteiger partial charge is 0.456 e. The Kier molecular flexibility index (Phi) is 20.0. The smallest absolute Gasteiger partial charge is 0.164 e. The van der Waals surface area contributed by atoms with Crippen LogP contribution in [0.1, 0.15) is 0 Å². The summed E-state index contributed by atoms with van der Waals surface area (Å²) in [6.07, 6.45) is 0. The van der Waals surface area contributed by atoms with Crippen molar-refractivity contribution in [3.05, 3.63) is 485 Å². The predicted molar refractivity (Wildman–Crippen MR) is 559 cm³/mol. The van der Waals surface area contributed by atoms with Crippen LogP contribution in [0.15, 0.2) is 494 Å². The summed E-state index contributed by atoms with van der Waals surface area (Å²) >= 11 is 0. The topological polar surface area (TPSA) is 113 Å². The Hall–Kier alpha value is -18.4. The Morgan fingerprint density at radius 1 is 0.140 bits per heavy atom. The molecule has 26 aromatic rings. The minimum Gasteiger partial charge on any atom is -0.456 e. The molecule has 0 bridgehead atoms. The fraction of sp³-hybridized carbons (Fsp3) is 0. The van der Waals surface area contributed by atoms with Gasteiger partial charge in [0.25, 0.3) is 0 Å². The molecule has 0 unspecified atom stereocenters. The lowest BCUT2D eigenvalue weighted by Crippen LogP contribution is -2.01. The van der Waals surface area contributed by atoms with Crippen molar-refractivity contribution < 1.29 is 8.83 Å². The van der Waals surface area contributed by atoms with Crippen LogP contribution in [0.2, 0.25) is 0 Å². The monoisotopic (exact) mass is 1740 g/mol. The van der Waals surface area contributed by atoms with E-state index < -0.39 is 0 Å². The molecule has 0 saturated heterocycles. The van der Waals surface area contributed by atoms with E-state index >= 15 is 0 Å². The maximum absolute atomic E-state index is 6.86. The van der Waals surface area contributed by atoms with Crippen molar-refractivity contribution in [1.29, 1.82) is 0 Å². The third-order valence-electron chi connectivity index (χ3n) is 26.1. The van der Waals surface area contributed by atoms with E-state index in [1.807, 2.05) is 72.8 Å². The van der Waals surface area contributed by atoms with E-state index in [2.05, 4.69) is 422 Å². The summed E-state index contributed by atoms with van der Waals surface area (Å²) in [5.74, 6) is 3.59. The van der Waals surface area contributed by atoms with Crippen LogP contribution in [0.3, 0.4) is 0 Å². The van der Waals surface area contributed by atoms with Gasteiger partial charge >= 0.3 is 0 Å². The third kappa shape index (κ3) is 14.8. The molecule has 10 nitrogen and oxygen atoms in total. The third-order valence-corrected chi connectivity index (χ3v) is 26.1. The van der Waals surface area contributed by atoms with Crippen molar-refractivity contribution in [3.8, 4) is 169 Å². The van der Waals surface area contributed by atoms with Crippen molar-refractivity contribution in [3.63, 3.8) is 0 Å². The van der Waals surface area contributed by atoms with Gasteiger partial charge in [0.2, 0.25) is 0 Å². The molecule has 6 heterocycles. The van der Waals surface area contributed by atoms with Gasteiger partial charge in [0.05, 0.1) is 22.1 Å². The average Bonchev–Trinajstić information content (AvgIpc) is 1.55. The number of fused-ring (bicyclic) bond motifs is 12. The predicted octanol–water partition coefficient (Wildman–Crippen LogP) is 33.1. The second-order valence-electron chi connectivity index (χ2n) is 34.4. The molecule has 6 aromatic heterocycles. The zero-order valence-corrected chi connectivity index (χ0v) is 73.6. The van der Waals surface area contributed by atoms with Crippen LogP contribution in [0.4, 0.5) is 0 Å². The highest BCUT2D eigenvalue weighted by atomic mass is 16.3. The van der Waals surface area contributed by atoms with Crippen LogP contribution < -0.4 is 0 Å². The summed E-state index contributed by atoms with van der Waals surface area (Å²) in [6, 6.07) is 171. The minimum atomic E-state index is 0.579. The molecule has 0 spiro atoms. The average molecular weight is 1740 g/mol. The van der Waals surface area contributed by atoms with Gasteiger partial charge in [-0.3, -0.25) is 0 Å². The fourth-order valence-corrected chi connectivity index (χ4v) is 19.6. The summed E-state index contributed by atoms with van der Waals surface area (Å²) in [5, 5.41) is 8.90. The van der Waals surface area contributed by atoms with E-state index in [1.165, 1.54) is 16.2 Å². The number of rotatable bonds is 16. The maximum Gasteiger partial charge on any atom is 0.164 e. The summed E-state index contributed by atoms with van der Waals surface area (Å²) in [5.41, 5.74) is 32.9. The van der Waals surface area contributed by atoms with Gasteiger partial charge in [-0.15, -0.1) is 0 Å². The SMILES string of the molecule is c1ccc(-c2cc(-c3ccccc3)cc(-c3ccc(-c4ccc5oc6cc7c(cc6c5c4)c4ccccc4n7-c4ccccc4)c(-c4nc(-c5ccccc5)nc(-c5ccccc5)n4)c3)c2)cc1.c1ccc(-c2cc(-c3ccccc3)cc(-c3ccc(-c4cccc5oc6cc7c(cc6c45)c4ccccc4n7-c4ccccc4)c(-c4nc(-c5ccccc5)nc(-c5ccccc5)n4)c3)c2)cc1. The Balaban J connectivity index is 0.000000145. The lowest BCUT2D eigenvalue weighted by Gasteiger charge is -2.16. The zero-order valence-electron chi connectivity index (χ0n) is 73.6. The molecule has 636 valence electrons. The molecule has 0 radical (unpaired) electrons. The summed E-state index contributed by atoms with van der Waals surface area (Å²) in [6.45, 7) is 0. The lowest BCUT2D eigenvalue weighted by molar-refractivity contribution is 0.669. The molecule has 20 aromatic carbocycles. The molecule has 0 saturated carbocycles. The highest BCUT2D eigenvalue weighted by molar-refractivity contribution is 6.22. The van der Waals surface area contributed by atoms with Crippen molar-refractivity contribution in [2.75, 3.05) is 0 Å². The van der Waals surface area contributed by atoms with E-state index in [0.29, 0.717) is 34.9 Å². The van der Waals surface area contributed by atoms with Gasteiger partial charge in [0.15, 0.2) is 34.9 Å². The molecule has 0 aliphatic rings. The highest BCUT2D eigenvalue weighted by Gasteiger charge is 2.27. The van der Waals surface area contributed by atoms with Gasteiger partial charge in [0, 0.05) is 100.0 Å². The molecule has 0 aliphatic carbocycles. The molecule has 10 heteroatoms. The van der Waals surface area contributed by atoms with Crippen LogP contribution in [0.5, 0.6) is 0 Å². The van der Waals surface area contributed by atoms with Gasteiger partial charge in [-0.25, -0.2) is 29.9 Å². The van der Waals surface area contributed by atoms with Crippen LogP contribution in [0.25, 0.3) is 256 Å². The summed E-state index contributed by atoms with van der Waals surface area (Å²) in [4.78, 5) is 31.4. The van der Waals surface area contributed by atoms with E-state index in [1.54, 1.807) is 0 Å². The van der Waals surface area contributed by atoms with E-state index in [-0.39, 0.29) is 0 Å². The van der Waals surface area contributed by atoms with Crippen LogP contribution in [0, 0.1) is 0 Å². The number of benzene rings is 20. The van der Waals surface area contributed by atoms with E-state index in [4.69, 9.17) is 38.7 Å². The molecule has 136 heavy (non-hydrogen) atoms. The number of hydrogen-bond donors (Lipinski definition) is 0. The summed E-state index contributed by atoms with van der Waals surface area (Å²) in [7, 11) is 0. The maximum atomic E-state index is 6.86. The van der Waals surface area contributed by atoms with Gasteiger partial charge in [0.1, 0.15) is 22.3 Å². The molecular weight excluding hydrogens is 1660 g/mol. The van der Waals surface area contributed by atoms with Crippen molar-refractivity contribution in [2.24, 2.45) is 0 Å². The highest BCUT2D eigenvalue weighted by Crippen LogP contribution is 2.49. The second kappa shape index (κ2) is 34.2. The van der Waals surface area contributed by atoms with E-state index in [0.717, 1.165) is 205 Å². The van der Waals surface area contributed by atoms with Crippen LogP contribution in [-0.4, -0.2) is 39.0 Å². The van der Waals surface area contributed by atoms with Crippen molar-refractivity contribution in [2.45, 2.75) is 0 Å². The summed E-state index contributed by atoms with van der Waals surface area (Å²) < 4.78 is 18.2. The lowest BCUT2D eigenvalue weighted by atomic mass is 9.89. The van der Waals surface area contributed by atoms with E-state index in [9.17, 15) is 0 Å². The Morgan fingerprint density at radius 2 is 0.449 bits per heavy atom. The van der Waals surface area contributed by atoms with Gasteiger partial charge in [-0.2, -0.15) is 0 Å². The van der Waals surface area contributed by atoms with Crippen LogP contribution >= 0.6 is 0 Å². The molecule has 0 atom stereocenters. The number of para-hydroxylation sites is 4. The number of aromatic nitrogens is 8. The van der Waals surface area contributed by atoms with Gasteiger partial charge < -0.3 is 18.0 Å². The first-order chi connectivity index (χ1) is 67.4. The number of furan rings is 2. The molecule has 0 fully saturated rings. The zero-order chi connectivity index (χ0) is 89.9. The first-order valence-corrected chi connectivity index (χ1v) is 45.8. The first kappa shape index (κ1) is 79.8. The molecular formula is C126H80N8O2. The number of nitrogens with zero attached hydrogens (tertiary/aromatic N) is 8. The van der Waals surface area contributed by atoms with Crippen LogP contribution in [-0.2, 0) is 0 Å². The standard InChI is InChI=1S/2C63H40N4O/c1-6-19-41(20-7-1)46-35-47(42-21-8-2-9-22-42)37-48(36-46)45-33-34-50(54(38-45)63-65-61(43-23-10-3-11-24-43)64-62(66-63)44-25-12-4-13-26-44)52-30-18-32-58-60(52)55-39-53-51-29-16-17-31-56(51)67(49-27-14-5-15-28-49)57(53)40-59(55)68-58;1-6-18-41(19-7-1)47-34-48(42-20-8-2-9-21-42)36-49(35-47)45-30-32-51(56(37-45)63-65-61(43-22-10-3-11-23-43)64-62(66-63)44-24-12-4-13-25-44)46-31-33-59-54(38-46)55-39-53-52-28-16-17-29-57(52)67(50-26-14-5-15-27-50)58(53)40-60(55)68-59/h2*1-40H. The first-order valence-electron chi connectivity index (χ1n) is 45.8. The Bertz CT molecular complexity index is 8810.